The Bertz CT molecular complexity index is 651. The van der Waals surface area contributed by atoms with Crippen molar-refractivity contribution in [2.24, 2.45) is 0 Å². The van der Waals surface area contributed by atoms with Crippen LogP contribution in [0.15, 0.2) is 24.3 Å². The third-order valence-electron chi connectivity index (χ3n) is 2.94. The Hall–Kier alpha value is -1.67. The van der Waals surface area contributed by atoms with Crippen LogP contribution in [0.3, 0.4) is 0 Å². The van der Waals surface area contributed by atoms with Crippen molar-refractivity contribution in [2.45, 2.75) is 38.8 Å². The summed E-state index contributed by atoms with van der Waals surface area (Å²) in [5, 5.41) is 0. The highest BCUT2D eigenvalue weighted by molar-refractivity contribution is 7.85. The quantitative estimate of drug-likeness (QED) is 0.831. The summed E-state index contributed by atoms with van der Waals surface area (Å²) < 4.78 is 47.1. The number of ether oxygens (including phenoxy) is 1. The monoisotopic (exact) mass is 331 g/mol. The molecule has 0 aliphatic carbocycles. The van der Waals surface area contributed by atoms with Crippen LogP contribution < -0.4 is 0 Å². The van der Waals surface area contributed by atoms with Crippen LogP contribution in [0.25, 0.3) is 0 Å². The summed E-state index contributed by atoms with van der Waals surface area (Å²) in [5.41, 5.74) is -0.129. The van der Waals surface area contributed by atoms with E-state index in [1.165, 1.54) is 24.3 Å². The lowest BCUT2D eigenvalue weighted by atomic mass is 10.1. The fourth-order valence-corrected chi connectivity index (χ4v) is 3.22. The Labute approximate surface area is 129 Å². The zero-order chi connectivity index (χ0) is 16.5. The Morgan fingerprint density at radius 3 is 2.50 bits per heavy atom. The maximum Gasteiger partial charge on any atom is 0.426 e. The lowest BCUT2D eigenvalue weighted by Gasteiger charge is -2.25. The first-order chi connectivity index (χ1) is 10.1. The van der Waals surface area contributed by atoms with Gasteiger partial charge in [0.05, 0.1) is 12.6 Å². The van der Waals surface area contributed by atoms with Crippen molar-refractivity contribution in [2.75, 3.05) is 6.61 Å². The Morgan fingerprint density at radius 1 is 1.36 bits per heavy atom. The average Bonchev–Trinajstić information content (AvgIpc) is 2.65. The molecule has 8 heteroatoms. The third kappa shape index (κ3) is 3.95. The van der Waals surface area contributed by atoms with E-state index >= 15 is 0 Å². The molecule has 1 aliphatic rings. The van der Waals surface area contributed by atoms with Crippen LogP contribution in [0.4, 0.5) is 9.18 Å². The lowest BCUT2D eigenvalue weighted by Crippen LogP contribution is -2.43. The summed E-state index contributed by atoms with van der Waals surface area (Å²) >= 11 is 0. The molecule has 2 rings (SSSR count). The molecule has 1 aromatic carbocycles. The smallest absolute Gasteiger partial charge is 0.426 e. The van der Waals surface area contributed by atoms with Crippen molar-refractivity contribution in [3.63, 3.8) is 0 Å². The zero-order valence-corrected chi connectivity index (χ0v) is 13.4. The van der Waals surface area contributed by atoms with Crippen molar-refractivity contribution in [3.8, 4) is 0 Å². The fraction of sp³-hybridized carbons (Fsp3) is 0.500. The number of rotatable bonds is 2. The summed E-state index contributed by atoms with van der Waals surface area (Å²) in [6.07, 6.45) is -0.754. The average molecular weight is 331 g/mol. The summed E-state index contributed by atoms with van der Waals surface area (Å²) in [4.78, 5) is 12.1. The van der Waals surface area contributed by atoms with Crippen molar-refractivity contribution in [1.29, 1.82) is 0 Å². The molecular weight excluding hydrogens is 313 g/mol. The maximum absolute atomic E-state index is 12.9. The highest BCUT2D eigenvalue weighted by Crippen LogP contribution is 2.25. The van der Waals surface area contributed by atoms with E-state index < -0.39 is 28.0 Å². The molecule has 1 amide bonds. The van der Waals surface area contributed by atoms with Crippen LogP contribution in [-0.2, 0) is 25.6 Å². The van der Waals surface area contributed by atoms with Gasteiger partial charge < -0.3 is 4.74 Å². The summed E-state index contributed by atoms with van der Waals surface area (Å²) in [6.45, 7) is 4.77. The van der Waals surface area contributed by atoms with Gasteiger partial charge in [-0.05, 0) is 44.9 Å². The van der Waals surface area contributed by atoms with E-state index in [9.17, 15) is 17.6 Å². The molecule has 0 saturated carbocycles. The molecule has 0 aromatic heterocycles. The SMILES string of the molecule is CC(C)(C)OC(=O)N1C(Cc2ccc(F)cc2)COS1(=O)=O. The molecule has 122 valence electrons. The Kier molecular flexibility index (Phi) is 4.44. The van der Waals surface area contributed by atoms with Crippen LogP contribution in [0.5, 0.6) is 0 Å². The topological polar surface area (TPSA) is 72.9 Å². The number of hydrogen-bond acceptors (Lipinski definition) is 5. The van der Waals surface area contributed by atoms with E-state index in [1.807, 2.05) is 0 Å². The van der Waals surface area contributed by atoms with Crippen LogP contribution in [0.2, 0.25) is 0 Å². The minimum Gasteiger partial charge on any atom is -0.443 e. The van der Waals surface area contributed by atoms with Crippen LogP contribution in [0, 0.1) is 5.82 Å². The second-order valence-electron chi connectivity index (χ2n) is 6.00. The molecule has 1 fully saturated rings. The van der Waals surface area contributed by atoms with Gasteiger partial charge in [0.25, 0.3) is 0 Å². The summed E-state index contributed by atoms with van der Waals surface area (Å²) in [7, 11) is -4.15. The molecule has 1 heterocycles. The molecular formula is C14H18FNO5S. The number of amides is 1. The van der Waals surface area contributed by atoms with Crippen LogP contribution in [-0.4, -0.2) is 37.1 Å². The Morgan fingerprint density at radius 2 is 1.95 bits per heavy atom. The number of carbonyl (C=O) groups excluding carboxylic acids is 1. The first kappa shape index (κ1) is 16.7. The third-order valence-corrected chi connectivity index (χ3v) is 4.30. The number of halogens is 1. The second-order valence-corrected chi connectivity index (χ2v) is 7.49. The molecule has 22 heavy (non-hydrogen) atoms. The molecule has 1 saturated heterocycles. The van der Waals surface area contributed by atoms with Gasteiger partial charge in [-0.2, -0.15) is 12.7 Å². The molecule has 0 bridgehead atoms. The van der Waals surface area contributed by atoms with Crippen molar-refractivity contribution >= 4 is 16.4 Å². The molecule has 6 nitrogen and oxygen atoms in total. The van der Waals surface area contributed by atoms with Gasteiger partial charge in [-0.15, -0.1) is 0 Å². The van der Waals surface area contributed by atoms with Crippen molar-refractivity contribution in [3.05, 3.63) is 35.6 Å². The molecule has 1 aromatic rings. The molecule has 1 aliphatic heterocycles. The molecule has 0 N–H and O–H groups in total. The van der Waals surface area contributed by atoms with Gasteiger partial charge in [-0.3, -0.25) is 4.18 Å². The Balaban J connectivity index is 2.19. The van der Waals surface area contributed by atoms with Gasteiger partial charge in [0.15, 0.2) is 0 Å². The van der Waals surface area contributed by atoms with Crippen molar-refractivity contribution < 1.29 is 26.5 Å². The van der Waals surface area contributed by atoms with E-state index in [0.29, 0.717) is 9.87 Å². The van der Waals surface area contributed by atoms with Gasteiger partial charge >= 0.3 is 16.4 Å². The lowest BCUT2D eigenvalue weighted by molar-refractivity contribution is 0.0357. The van der Waals surface area contributed by atoms with E-state index in [0.717, 1.165) is 0 Å². The number of benzene rings is 1. The largest absolute Gasteiger partial charge is 0.443 e. The summed E-state index contributed by atoms with van der Waals surface area (Å²) in [5.74, 6) is -0.386. The normalized spacial score (nSPS) is 20.9. The first-order valence-electron chi connectivity index (χ1n) is 6.75. The van der Waals surface area contributed by atoms with Crippen LogP contribution in [0.1, 0.15) is 26.3 Å². The van der Waals surface area contributed by atoms with Gasteiger partial charge in [0, 0.05) is 0 Å². The molecule has 0 radical (unpaired) electrons. The van der Waals surface area contributed by atoms with E-state index in [-0.39, 0.29) is 18.8 Å². The van der Waals surface area contributed by atoms with Gasteiger partial charge in [0.1, 0.15) is 11.4 Å². The van der Waals surface area contributed by atoms with Crippen molar-refractivity contribution in [1.82, 2.24) is 4.31 Å². The minimum atomic E-state index is -4.15. The van der Waals surface area contributed by atoms with Gasteiger partial charge in [-0.1, -0.05) is 12.1 Å². The predicted octanol–water partition coefficient (Wildman–Crippen LogP) is 2.25. The highest BCUT2D eigenvalue weighted by Gasteiger charge is 2.44. The van der Waals surface area contributed by atoms with Crippen LogP contribution >= 0.6 is 0 Å². The number of hydrogen-bond donors (Lipinski definition) is 0. The molecule has 1 atom stereocenters. The molecule has 1 unspecified atom stereocenters. The van der Waals surface area contributed by atoms with E-state index in [1.54, 1.807) is 20.8 Å². The standard InChI is InChI=1S/C14H18FNO5S/c1-14(2,3)21-13(17)16-12(9-20-22(16,18)19)8-10-4-6-11(15)7-5-10/h4-7,12H,8-9H2,1-3H3. The fourth-order valence-electron chi connectivity index (χ4n) is 2.05. The van der Waals surface area contributed by atoms with Gasteiger partial charge in [-0.25, -0.2) is 9.18 Å². The van der Waals surface area contributed by atoms with Gasteiger partial charge in [0.2, 0.25) is 0 Å². The van der Waals surface area contributed by atoms with E-state index in [4.69, 9.17) is 8.92 Å². The highest BCUT2D eigenvalue weighted by atomic mass is 32.2. The zero-order valence-electron chi connectivity index (χ0n) is 12.6. The van der Waals surface area contributed by atoms with E-state index in [2.05, 4.69) is 0 Å². The maximum atomic E-state index is 12.9. The second kappa shape index (κ2) is 5.85. The number of carbonyl (C=O) groups is 1. The minimum absolute atomic E-state index is 0.154. The molecule has 0 spiro atoms. The first-order valence-corrected chi connectivity index (χ1v) is 8.11. The number of nitrogens with zero attached hydrogens (tertiary/aromatic N) is 1. The predicted molar refractivity (Wildman–Crippen MR) is 76.8 cm³/mol. The summed E-state index contributed by atoms with van der Waals surface area (Å²) in [6, 6.07) is 4.90.